The molecule has 0 unspecified atom stereocenters. The fourth-order valence-electron chi connectivity index (χ4n) is 3.00. The van der Waals surface area contributed by atoms with Crippen molar-refractivity contribution in [3.05, 3.63) is 0 Å². The molecule has 1 heteroatoms. The molecule has 1 aliphatic carbocycles. The van der Waals surface area contributed by atoms with Crippen molar-refractivity contribution >= 4 is 7.26 Å². The normalized spacial score (nSPS) is 19.8. The van der Waals surface area contributed by atoms with Gasteiger partial charge in [0.15, 0.2) is 0 Å². The molecule has 1 aliphatic rings. The highest BCUT2D eigenvalue weighted by Gasteiger charge is 2.46. The summed E-state index contributed by atoms with van der Waals surface area (Å²) in [6.45, 7) is 6.93. The maximum absolute atomic E-state index is 8.95. The minimum Gasteiger partial charge on any atom is -0.0652 e. The van der Waals surface area contributed by atoms with Gasteiger partial charge in [-0.2, -0.15) is 0 Å². The van der Waals surface area contributed by atoms with Crippen molar-refractivity contribution in [2.75, 3.05) is 18.5 Å². The Balaban J connectivity index is 2.76. The van der Waals surface area contributed by atoms with E-state index in [1.807, 2.05) is 0 Å². The van der Waals surface area contributed by atoms with Gasteiger partial charge in [0.05, 0.1) is 25.5 Å². The van der Waals surface area contributed by atoms with Gasteiger partial charge in [-0.25, -0.2) is 0 Å². The Hall–Kier alpha value is 0.430. The van der Waals surface area contributed by atoms with Crippen LogP contribution in [0.1, 0.15) is 79.9 Å². The van der Waals surface area contributed by atoms with E-state index in [0.29, 0.717) is 0 Å². The van der Waals surface area contributed by atoms with Crippen molar-refractivity contribution < 1.29 is 1.37 Å². The van der Waals surface area contributed by atoms with Crippen molar-refractivity contribution in [1.82, 2.24) is 0 Å². The summed E-state index contributed by atoms with van der Waals surface area (Å²) in [5.41, 5.74) is 0.0481. The third-order valence-corrected chi connectivity index (χ3v) is 9.73. The molecule has 0 aromatic rings. The fraction of sp³-hybridized carbons (Fsp3) is 1.00. The van der Waals surface area contributed by atoms with Gasteiger partial charge >= 0.3 is 0 Å². The predicted molar refractivity (Wildman–Crippen MR) is 83.9 cm³/mol. The van der Waals surface area contributed by atoms with Crippen molar-refractivity contribution in [1.29, 1.82) is 0 Å². The highest BCUT2D eigenvalue weighted by molar-refractivity contribution is 7.76. The quantitative estimate of drug-likeness (QED) is 0.424. The van der Waals surface area contributed by atoms with Gasteiger partial charge in [-0.3, -0.25) is 0 Å². The molecule has 1 rings (SSSR count). The summed E-state index contributed by atoms with van der Waals surface area (Å²) in [6, 6.07) is 0. The van der Waals surface area contributed by atoms with Crippen LogP contribution in [0.15, 0.2) is 0 Å². The molecule has 0 nitrogen and oxygen atoms in total. The van der Waals surface area contributed by atoms with E-state index in [1.54, 1.807) is 0 Å². The molecular formula is C16H34P+. The van der Waals surface area contributed by atoms with Gasteiger partial charge in [0.25, 0.3) is 0 Å². The average Bonchev–Trinajstić information content (AvgIpc) is 2.35. The second-order valence-corrected chi connectivity index (χ2v) is 10.1. The Morgan fingerprint density at radius 2 is 1.29 bits per heavy atom. The van der Waals surface area contributed by atoms with E-state index < -0.39 is 7.26 Å². The molecule has 1 fully saturated rings. The SMILES string of the molecule is [2H]C1([P+](CCCC)(CCCC)CCCC)CCC1. The number of hydrogen-bond acceptors (Lipinski definition) is 0. The zero-order chi connectivity index (χ0) is 13.5. The Morgan fingerprint density at radius 3 is 1.53 bits per heavy atom. The summed E-state index contributed by atoms with van der Waals surface area (Å²) in [6.07, 6.45) is 16.1. The topological polar surface area (TPSA) is 0 Å². The first-order valence-corrected chi connectivity index (χ1v) is 10.3. The minimum atomic E-state index is -0.995. The molecule has 1 saturated carbocycles. The molecule has 17 heavy (non-hydrogen) atoms. The maximum Gasteiger partial charge on any atom is 0.0745 e. The van der Waals surface area contributed by atoms with E-state index in [9.17, 15) is 0 Å². The minimum absolute atomic E-state index is 0.0481. The molecule has 0 aromatic heterocycles. The van der Waals surface area contributed by atoms with Gasteiger partial charge in [0, 0.05) is 7.26 Å². The summed E-state index contributed by atoms with van der Waals surface area (Å²) in [5.74, 6) is 0. The Kier molecular flexibility index (Phi) is 6.94. The molecule has 0 aromatic carbocycles. The lowest BCUT2D eigenvalue weighted by Gasteiger charge is -2.40. The van der Waals surface area contributed by atoms with Crippen LogP contribution in [0.5, 0.6) is 0 Å². The Morgan fingerprint density at radius 1 is 0.882 bits per heavy atom. The first-order chi connectivity index (χ1) is 8.64. The number of hydrogen-bond donors (Lipinski definition) is 0. The van der Waals surface area contributed by atoms with Crippen LogP contribution in [0.25, 0.3) is 0 Å². The summed E-state index contributed by atoms with van der Waals surface area (Å²) in [7, 11) is -0.995. The fourth-order valence-corrected chi connectivity index (χ4v) is 8.65. The highest BCUT2D eigenvalue weighted by atomic mass is 31.2. The van der Waals surface area contributed by atoms with Crippen molar-refractivity contribution in [2.45, 2.75) is 84.2 Å². The van der Waals surface area contributed by atoms with Crippen LogP contribution >= 0.6 is 7.26 Å². The van der Waals surface area contributed by atoms with Crippen LogP contribution in [0.2, 0.25) is 0 Å². The van der Waals surface area contributed by atoms with Gasteiger partial charge in [0.1, 0.15) is 0 Å². The van der Waals surface area contributed by atoms with Crippen LogP contribution in [-0.2, 0) is 0 Å². The molecule has 0 radical (unpaired) electrons. The monoisotopic (exact) mass is 258 g/mol. The van der Waals surface area contributed by atoms with Gasteiger partial charge in [-0.15, -0.1) is 0 Å². The molecule has 0 amide bonds. The highest BCUT2D eigenvalue weighted by Crippen LogP contribution is 2.69. The molecule has 0 aliphatic heterocycles. The number of unbranched alkanes of at least 4 members (excludes halogenated alkanes) is 3. The third-order valence-electron chi connectivity index (χ3n) is 4.42. The van der Waals surface area contributed by atoms with E-state index in [1.165, 1.54) is 76.3 Å². The van der Waals surface area contributed by atoms with Gasteiger partial charge < -0.3 is 0 Å². The summed E-state index contributed by atoms with van der Waals surface area (Å²) in [5, 5.41) is 0. The third kappa shape index (κ3) is 4.55. The van der Waals surface area contributed by atoms with Crippen molar-refractivity contribution in [2.24, 2.45) is 0 Å². The number of rotatable bonds is 10. The molecule has 0 N–H and O–H groups in total. The van der Waals surface area contributed by atoms with Crippen LogP contribution in [0.4, 0.5) is 0 Å². The average molecular weight is 258 g/mol. The van der Waals surface area contributed by atoms with Crippen LogP contribution in [0, 0.1) is 0 Å². The van der Waals surface area contributed by atoms with Gasteiger partial charge in [-0.05, 0) is 38.5 Å². The van der Waals surface area contributed by atoms with Crippen molar-refractivity contribution in [3.8, 4) is 0 Å². The van der Waals surface area contributed by atoms with Gasteiger partial charge in [-0.1, -0.05) is 40.0 Å². The van der Waals surface area contributed by atoms with Gasteiger partial charge in [0.2, 0.25) is 0 Å². The van der Waals surface area contributed by atoms with Crippen molar-refractivity contribution in [3.63, 3.8) is 0 Å². The standard InChI is InChI=1S/C16H34P/c1-4-7-13-17(14-8-5-2,15-9-6-3)16-11-10-12-16/h16H,4-15H2,1-3H3/q+1/i16D. The van der Waals surface area contributed by atoms with E-state index in [0.717, 1.165) is 0 Å². The smallest absolute Gasteiger partial charge is 0.0652 e. The maximum atomic E-state index is 8.95. The van der Waals surface area contributed by atoms with E-state index in [4.69, 9.17) is 1.37 Å². The van der Waals surface area contributed by atoms with Crippen LogP contribution < -0.4 is 0 Å². The zero-order valence-electron chi connectivity index (χ0n) is 13.4. The van der Waals surface area contributed by atoms with Crippen LogP contribution in [0.3, 0.4) is 0 Å². The first-order valence-electron chi connectivity index (χ1n) is 8.50. The van der Waals surface area contributed by atoms with E-state index >= 15 is 0 Å². The lowest BCUT2D eigenvalue weighted by molar-refractivity contribution is 0.504. The van der Waals surface area contributed by atoms with Crippen LogP contribution in [-0.4, -0.2) is 24.1 Å². The molecule has 102 valence electrons. The van der Waals surface area contributed by atoms with E-state index in [-0.39, 0.29) is 5.64 Å². The molecule has 0 bridgehead atoms. The lowest BCUT2D eigenvalue weighted by atomic mass is 10.00. The Labute approximate surface area is 112 Å². The first kappa shape index (κ1) is 13.9. The molecule has 0 atom stereocenters. The second kappa shape index (κ2) is 8.52. The predicted octanol–water partition coefficient (Wildman–Crippen LogP) is 5.96. The lowest BCUT2D eigenvalue weighted by Crippen LogP contribution is -2.28. The Bertz CT molecular complexity index is 201. The zero-order valence-corrected chi connectivity index (χ0v) is 13.3. The summed E-state index contributed by atoms with van der Waals surface area (Å²) < 4.78 is 8.95. The summed E-state index contributed by atoms with van der Waals surface area (Å²) >= 11 is 0. The molecule has 0 saturated heterocycles. The molecule has 0 heterocycles. The summed E-state index contributed by atoms with van der Waals surface area (Å²) in [4.78, 5) is 0. The largest absolute Gasteiger partial charge is 0.0745 e. The molecular weight excluding hydrogens is 223 g/mol. The van der Waals surface area contributed by atoms with E-state index in [2.05, 4.69) is 20.8 Å². The molecule has 0 spiro atoms. The second-order valence-electron chi connectivity index (χ2n) is 5.80.